The fourth-order valence-electron chi connectivity index (χ4n) is 3.59. The maximum absolute atomic E-state index is 13.5. The molecule has 1 saturated heterocycles. The molecule has 6 nitrogen and oxygen atoms in total. The molecule has 0 aromatic heterocycles. The van der Waals surface area contributed by atoms with Crippen LogP contribution in [0.3, 0.4) is 0 Å². The number of carbonyl (C=O) groups excluding carboxylic acids is 3. The van der Waals surface area contributed by atoms with Crippen molar-refractivity contribution in [2.24, 2.45) is 11.3 Å². The summed E-state index contributed by atoms with van der Waals surface area (Å²) in [6.07, 6.45) is 0.683. The molecule has 1 fully saturated rings. The molecule has 7 heteroatoms. The summed E-state index contributed by atoms with van der Waals surface area (Å²) in [6, 6.07) is 5.13. The van der Waals surface area contributed by atoms with Gasteiger partial charge in [0.25, 0.3) is 0 Å². The van der Waals surface area contributed by atoms with Crippen LogP contribution in [0, 0.1) is 11.3 Å². The molecule has 0 aliphatic carbocycles. The zero-order valence-corrected chi connectivity index (χ0v) is 18.2. The third-order valence-electron chi connectivity index (χ3n) is 4.67. The molecule has 3 atom stereocenters. The molecule has 0 radical (unpaired) electrons. The number of hydrogen-bond donors (Lipinski definition) is 0. The van der Waals surface area contributed by atoms with Gasteiger partial charge in [-0.15, -0.1) is 0 Å². The number of benzene rings is 1. The number of ketones is 1. The third-order valence-corrected chi connectivity index (χ3v) is 5.39. The maximum atomic E-state index is 13.5. The minimum atomic E-state index is -1.07. The molecule has 1 heterocycles. The monoisotopic (exact) mass is 451 g/mol. The normalized spacial score (nSPS) is 22.1. The van der Waals surface area contributed by atoms with Gasteiger partial charge in [-0.2, -0.15) is 0 Å². The van der Waals surface area contributed by atoms with Crippen molar-refractivity contribution in [3.63, 3.8) is 0 Å². The van der Waals surface area contributed by atoms with Gasteiger partial charge < -0.3 is 9.47 Å². The Labute approximate surface area is 174 Å². The molecule has 28 heavy (non-hydrogen) atoms. The van der Waals surface area contributed by atoms with Crippen molar-refractivity contribution in [3.05, 3.63) is 47.0 Å². The van der Waals surface area contributed by atoms with Crippen molar-refractivity contribution in [3.8, 4) is 0 Å². The topological polar surface area (TPSA) is 72.9 Å². The smallest absolute Gasteiger partial charge is 0.411 e. The van der Waals surface area contributed by atoms with Crippen molar-refractivity contribution >= 4 is 33.8 Å². The summed E-state index contributed by atoms with van der Waals surface area (Å²) >= 11 is 3.46. The molecular weight excluding hydrogens is 426 g/mol. The van der Waals surface area contributed by atoms with Crippen LogP contribution in [-0.2, 0) is 19.1 Å². The number of likely N-dealkylation sites (tertiary alicyclic amines) is 1. The van der Waals surface area contributed by atoms with Gasteiger partial charge >= 0.3 is 12.1 Å². The first kappa shape index (κ1) is 22.1. The first-order chi connectivity index (χ1) is 13.1. The van der Waals surface area contributed by atoms with Crippen molar-refractivity contribution in [2.45, 2.75) is 39.8 Å². The van der Waals surface area contributed by atoms with E-state index in [-0.39, 0.29) is 19.0 Å². The predicted molar refractivity (Wildman–Crippen MR) is 109 cm³/mol. The average Bonchev–Trinajstić information content (AvgIpc) is 2.93. The van der Waals surface area contributed by atoms with E-state index in [9.17, 15) is 14.4 Å². The van der Waals surface area contributed by atoms with Crippen LogP contribution in [0.25, 0.3) is 0 Å². The van der Waals surface area contributed by atoms with Crippen LogP contribution in [0.1, 0.15) is 39.3 Å². The van der Waals surface area contributed by atoms with Crippen molar-refractivity contribution < 1.29 is 23.9 Å². The first-order valence-corrected chi connectivity index (χ1v) is 9.95. The third kappa shape index (κ3) is 4.29. The van der Waals surface area contributed by atoms with Gasteiger partial charge in [0, 0.05) is 4.47 Å². The standard InChI is InChI=1S/C21H26BrNO5/c1-6-12-28-20(26)23-16(13-10-8-9-11-14(13)22)18(24)15(21(3,4)5)17(23)19(25)27-7-2/h6,8-11,15-17H,1,7,12H2,2-5H3/t15-,16+,17+/m1/s1. The lowest BCUT2D eigenvalue weighted by Crippen LogP contribution is -2.48. The first-order valence-electron chi connectivity index (χ1n) is 9.15. The summed E-state index contributed by atoms with van der Waals surface area (Å²) in [7, 11) is 0. The van der Waals surface area contributed by atoms with Crippen LogP contribution in [0.5, 0.6) is 0 Å². The highest BCUT2D eigenvalue weighted by Gasteiger charge is 2.59. The molecule has 1 aromatic rings. The Morgan fingerprint density at radius 2 is 1.89 bits per heavy atom. The maximum Gasteiger partial charge on any atom is 0.411 e. The lowest BCUT2D eigenvalue weighted by atomic mass is 9.74. The molecule has 0 saturated carbocycles. The number of ether oxygens (including phenoxy) is 2. The van der Waals surface area contributed by atoms with Gasteiger partial charge in [0.15, 0.2) is 5.78 Å². The highest BCUT2D eigenvalue weighted by Crippen LogP contribution is 2.47. The summed E-state index contributed by atoms with van der Waals surface area (Å²) in [5.41, 5.74) is 0.0330. The Balaban J connectivity index is 2.65. The SMILES string of the molecule is C=CCOC(=O)N1[C@@H](c2ccccc2Br)C(=O)[C@H](C(C)(C)C)[C@H]1C(=O)OCC. The van der Waals surface area contributed by atoms with E-state index in [4.69, 9.17) is 9.47 Å². The molecule has 1 aromatic carbocycles. The Bertz CT molecular complexity index is 770. The second kappa shape index (κ2) is 8.90. The van der Waals surface area contributed by atoms with E-state index in [0.717, 1.165) is 0 Å². The van der Waals surface area contributed by atoms with Gasteiger partial charge in [-0.25, -0.2) is 9.59 Å². The van der Waals surface area contributed by atoms with Crippen molar-refractivity contribution in [2.75, 3.05) is 13.2 Å². The predicted octanol–water partition coefficient (Wildman–Crippen LogP) is 4.29. The van der Waals surface area contributed by atoms with E-state index in [1.165, 1.54) is 11.0 Å². The van der Waals surface area contributed by atoms with E-state index < -0.39 is 35.5 Å². The van der Waals surface area contributed by atoms with Gasteiger partial charge in [-0.05, 0) is 24.0 Å². The molecular formula is C21H26BrNO5. The summed E-state index contributed by atoms with van der Waals surface area (Å²) in [4.78, 5) is 40.5. The number of amides is 1. The fourth-order valence-corrected chi connectivity index (χ4v) is 4.09. The summed E-state index contributed by atoms with van der Waals surface area (Å²) in [5.74, 6) is -1.56. The number of Topliss-reactive ketones (excluding diaryl/α,β-unsaturated/α-hetero) is 1. The van der Waals surface area contributed by atoms with Crippen LogP contribution in [0.15, 0.2) is 41.4 Å². The van der Waals surface area contributed by atoms with Crippen LogP contribution >= 0.6 is 15.9 Å². The minimum absolute atomic E-state index is 0.0259. The summed E-state index contributed by atoms with van der Waals surface area (Å²) < 4.78 is 11.1. The quantitative estimate of drug-likeness (QED) is 0.492. The highest BCUT2D eigenvalue weighted by atomic mass is 79.9. The van der Waals surface area contributed by atoms with Gasteiger partial charge in [0.05, 0.1) is 12.5 Å². The molecule has 0 bridgehead atoms. The molecule has 2 rings (SSSR count). The van der Waals surface area contributed by atoms with Gasteiger partial charge in [0.2, 0.25) is 0 Å². The minimum Gasteiger partial charge on any atom is -0.464 e. The number of esters is 1. The Hall–Kier alpha value is -2.15. The Morgan fingerprint density at radius 1 is 1.25 bits per heavy atom. The van der Waals surface area contributed by atoms with E-state index in [1.54, 1.807) is 25.1 Å². The molecule has 152 valence electrons. The molecule has 1 aliphatic rings. The second-order valence-corrected chi connectivity index (χ2v) is 8.49. The zero-order chi connectivity index (χ0) is 21.1. The van der Waals surface area contributed by atoms with Crippen LogP contribution < -0.4 is 0 Å². The molecule has 0 N–H and O–H groups in total. The molecule has 1 amide bonds. The van der Waals surface area contributed by atoms with E-state index in [0.29, 0.717) is 10.0 Å². The van der Waals surface area contributed by atoms with Crippen LogP contribution in [0.4, 0.5) is 4.79 Å². The van der Waals surface area contributed by atoms with Crippen molar-refractivity contribution in [1.82, 2.24) is 4.90 Å². The van der Waals surface area contributed by atoms with Gasteiger partial charge in [-0.3, -0.25) is 9.69 Å². The van der Waals surface area contributed by atoms with Crippen LogP contribution in [-0.4, -0.2) is 42.0 Å². The number of carbonyl (C=O) groups is 3. The highest BCUT2D eigenvalue weighted by molar-refractivity contribution is 9.10. The van der Waals surface area contributed by atoms with E-state index in [1.807, 2.05) is 26.8 Å². The number of hydrogen-bond acceptors (Lipinski definition) is 5. The van der Waals surface area contributed by atoms with E-state index in [2.05, 4.69) is 22.5 Å². The van der Waals surface area contributed by atoms with E-state index >= 15 is 0 Å². The molecule has 0 unspecified atom stereocenters. The Kier molecular flexibility index (Phi) is 7.04. The number of nitrogens with zero attached hydrogens (tertiary/aromatic N) is 1. The lowest BCUT2D eigenvalue weighted by molar-refractivity contribution is -0.151. The fraction of sp³-hybridized carbons (Fsp3) is 0.476. The zero-order valence-electron chi connectivity index (χ0n) is 16.6. The van der Waals surface area contributed by atoms with Gasteiger partial charge in [0.1, 0.15) is 18.7 Å². The second-order valence-electron chi connectivity index (χ2n) is 7.64. The number of rotatable bonds is 5. The lowest BCUT2D eigenvalue weighted by Gasteiger charge is -2.32. The molecule has 1 aliphatic heterocycles. The summed E-state index contributed by atoms with van der Waals surface area (Å²) in [5, 5.41) is 0. The molecule has 0 spiro atoms. The van der Waals surface area contributed by atoms with Crippen molar-refractivity contribution in [1.29, 1.82) is 0 Å². The summed E-state index contributed by atoms with van der Waals surface area (Å²) in [6.45, 7) is 11.0. The largest absolute Gasteiger partial charge is 0.464 e. The van der Waals surface area contributed by atoms with Crippen LogP contribution in [0.2, 0.25) is 0 Å². The Morgan fingerprint density at radius 3 is 2.43 bits per heavy atom. The average molecular weight is 452 g/mol. The number of halogens is 1. The van der Waals surface area contributed by atoms with Gasteiger partial charge in [-0.1, -0.05) is 67.6 Å².